The summed E-state index contributed by atoms with van der Waals surface area (Å²) in [5.41, 5.74) is 3.97. The first-order valence-corrected chi connectivity index (χ1v) is 14.0. The summed E-state index contributed by atoms with van der Waals surface area (Å²) in [6.45, 7) is 6.07. The number of phenols is 1. The summed E-state index contributed by atoms with van der Waals surface area (Å²) in [6, 6.07) is 14.6. The Bertz CT molecular complexity index is 1030. The maximum absolute atomic E-state index is 11.1. The SMILES string of the molecule is CNCCOCCOCCOc1ccc(C2CC3(C)C(O)CCC3C3CCc4cc(O)ccc4C23)cc1. The van der Waals surface area contributed by atoms with Crippen LogP contribution < -0.4 is 10.1 Å². The van der Waals surface area contributed by atoms with Gasteiger partial charge < -0.3 is 29.7 Å². The van der Waals surface area contributed by atoms with Gasteiger partial charge in [0, 0.05) is 6.54 Å². The summed E-state index contributed by atoms with van der Waals surface area (Å²) in [6.07, 6.45) is 4.94. The van der Waals surface area contributed by atoms with Gasteiger partial charge in [-0.1, -0.05) is 25.1 Å². The molecule has 0 amide bonds. The standard InChI is InChI=1S/C31H43NO5/c1-31-20-27(21-3-7-24(8-4-21)37-18-17-36-16-15-35-14-13-32-2)30-25-10-6-23(33)19-22(25)5-9-26(30)28(31)11-12-29(31)34/h3-4,6-8,10,19,26-30,32-34H,5,9,11-18,20H2,1-2H3. The molecule has 6 nitrogen and oxygen atoms in total. The first-order valence-electron chi connectivity index (χ1n) is 14.0. The highest BCUT2D eigenvalue weighted by atomic mass is 16.5. The average molecular weight is 510 g/mol. The maximum Gasteiger partial charge on any atom is 0.119 e. The molecule has 0 aliphatic heterocycles. The highest BCUT2D eigenvalue weighted by molar-refractivity contribution is 5.43. The van der Waals surface area contributed by atoms with Crippen molar-refractivity contribution >= 4 is 0 Å². The predicted molar refractivity (Wildman–Crippen MR) is 144 cm³/mol. The molecule has 0 bridgehead atoms. The smallest absolute Gasteiger partial charge is 0.119 e. The molecule has 37 heavy (non-hydrogen) atoms. The van der Waals surface area contributed by atoms with Crippen LogP contribution in [0.4, 0.5) is 0 Å². The van der Waals surface area contributed by atoms with Crippen LogP contribution in [0.3, 0.4) is 0 Å². The molecule has 2 aromatic carbocycles. The van der Waals surface area contributed by atoms with E-state index in [2.05, 4.69) is 42.6 Å². The van der Waals surface area contributed by atoms with Gasteiger partial charge in [-0.25, -0.2) is 0 Å². The third kappa shape index (κ3) is 5.53. The summed E-state index contributed by atoms with van der Waals surface area (Å²) in [5, 5.41) is 24.2. The Labute approximate surface area is 221 Å². The second kappa shape index (κ2) is 11.7. The number of aliphatic hydroxyl groups excluding tert-OH is 1. The van der Waals surface area contributed by atoms with Crippen molar-refractivity contribution in [2.75, 3.05) is 46.6 Å². The molecular weight excluding hydrogens is 466 g/mol. The molecule has 0 aromatic heterocycles. The van der Waals surface area contributed by atoms with Gasteiger partial charge in [0.1, 0.15) is 18.1 Å². The normalized spacial score (nSPS) is 30.4. The van der Waals surface area contributed by atoms with Crippen molar-refractivity contribution < 1.29 is 24.4 Å². The van der Waals surface area contributed by atoms with Crippen molar-refractivity contribution in [1.29, 1.82) is 0 Å². The fourth-order valence-corrected chi connectivity index (χ4v) is 7.52. The molecular formula is C31H43NO5. The molecule has 202 valence electrons. The lowest BCUT2D eigenvalue weighted by Crippen LogP contribution is -2.47. The van der Waals surface area contributed by atoms with Crippen LogP contribution in [0, 0.1) is 17.3 Å². The number of nitrogens with one attached hydrogen (secondary N) is 1. The molecule has 3 aliphatic rings. The predicted octanol–water partition coefficient (Wildman–Crippen LogP) is 4.63. The molecule has 5 rings (SSSR count). The minimum absolute atomic E-state index is 0.0382. The molecule has 0 radical (unpaired) electrons. The van der Waals surface area contributed by atoms with E-state index in [4.69, 9.17) is 14.2 Å². The van der Waals surface area contributed by atoms with Crippen LogP contribution in [0.25, 0.3) is 0 Å². The number of benzene rings is 2. The molecule has 3 aliphatic carbocycles. The van der Waals surface area contributed by atoms with Crippen LogP contribution in [-0.4, -0.2) is 62.9 Å². The summed E-state index contributed by atoms with van der Waals surface area (Å²) >= 11 is 0. The van der Waals surface area contributed by atoms with Crippen molar-refractivity contribution in [1.82, 2.24) is 5.32 Å². The van der Waals surface area contributed by atoms with Gasteiger partial charge in [0.2, 0.25) is 0 Å². The zero-order valence-corrected chi connectivity index (χ0v) is 22.3. The van der Waals surface area contributed by atoms with Gasteiger partial charge in [-0.2, -0.15) is 0 Å². The second-order valence-corrected chi connectivity index (χ2v) is 11.4. The van der Waals surface area contributed by atoms with Crippen molar-refractivity contribution in [3.05, 3.63) is 59.2 Å². The van der Waals surface area contributed by atoms with Gasteiger partial charge in [0.15, 0.2) is 0 Å². The maximum atomic E-state index is 11.1. The van der Waals surface area contributed by atoms with Crippen LogP contribution in [0.5, 0.6) is 11.5 Å². The molecule has 6 unspecified atom stereocenters. The third-order valence-electron chi connectivity index (χ3n) is 9.34. The Morgan fingerprint density at radius 2 is 1.70 bits per heavy atom. The Hall–Kier alpha value is -2.12. The monoisotopic (exact) mass is 509 g/mol. The van der Waals surface area contributed by atoms with E-state index in [-0.39, 0.29) is 11.5 Å². The van der Waals surface area contributed by atoms with Crippen molar-refractivity contribution in [3.8, 4) is 11.5 Å². The van der Waals surface area contributed by atoms with Gasteiger partial charge in [-0.15, -0.1) is 0 Å². The Morgan fingerprint density at radius 3 is 2.49 bits per heavy atom. The number of fused-ring (bicyclic) bond motifs is 5. The zero-order chi connectivity index (χ0) is 25.8. The van der Waals surface area contributed by atoms with Crippen LogP contribution >= 0.6 is 0 Å². The van der Waals surface area contributed by atoms with E-state index in [0.29, 0.717) is 62.5 Å². The van der Waals surface area contributed by atoms with E-state index >= 15 is 0 Å². The first-order chi connectivity index (χ1) is 18.0. The number of hydrogen-bond donors (Lipinski definition) is 3. The first kappa shape index (κ1) is 26.5. The molecule has 3 N–H and O–H groups in total. The van der Waals surface area contributed by atoms with E-state index in [1.54, 1.807) is 0 Å². The third-order valence-corrected chi connectivity index (χ3v) is 9.34. The average Bonchev–Trinajstić information content (AvgIpc) is 3.21. The number of aliphatic hydroxyl groups is 1. The number of phenolic OH excluding ortho intramolecular Hbond substituents is 1. The number of aromatic hydroxyl groups is 1. The number of aryl methyl sites for hydroxylation is 1. The van der Waals surface area contributed by atoms with Crippen LogP contribution in [0.2, 0.25) is 0 Å². The zero-order valence-electron chi connectivity index (χ0n) is 22.3. The molecule has 6 heteroatoms. The lowest BCUT2D eigenvalue weighted by Gasteiger charge is -2.54. The Balaban J connectivity index is 1.26. The molecule has 2 saturated carbocycles. The summed E-state index contributed by atoms with van der Waals surface area (Å²) < 4.78 is 17.0. The van der Waals surface area contributed by atoms with Crippen molar-refractivity contribution in [2.45, 2.75) is 57.0 Å². The minimum Gasteiger partial charge on any atom is -0.508 e. The fourth-order valence-electron chi connectivity index (χ4n) is 7.52. The second-order valence-electron chi connectivity index (χ2n) is 11.4. The number of hydrogen-bond acceptors (Lipinski definition) is 6. The van der Waals surface area contributed by atoms with Gasteiger partial charge in [-0.05, 0) is 109 Å². The van der Waals surface area contributed by atoms with Gasteiger partial charge in [-0.3, -0.25) is 0 Å². The van der Waals surface area contributed by atoms with E-state index in [1.165, 1.54) is 16.7 Å². The lowest BCUT2D eigenvalue weighted by atomic mass is 9.51. The summed E-state index contributed by atoms with van der Waals surface area (Å²) in [7, 11) is 1.91. The van der Waals surface area contributed by atoms with Gasteiger partial charge in [0.25, 0.3) is 0 Å². The van der Waals surface area contributed by atoms with Gasteiger partial charge in [0.05, 0.1) is 32.5 Å². The minimum atomic E-state index is -0.224. The largest absolute Gasteiger partial charge is 0.508 e. The van der Waals surface area contributed by atoms with Crippen LogP contribution in [0.15, 0.2) is 42.5 Å². The summed E-state index contributed by atoms with van der Waals surface area (Å²) in [4.78, 5) is 0. The molecule has 6 atom stereocenters. The van der Waals surface area contributed by atoms with E-state index in [1.807, 2.05) is 19.2 Å². The fraction of sp³-hybridized carbons (Fsp3) is 0.613. The lowest BCUT2D eigenvalue weighted by molar-refractivity contribution is -0.0323. The summed E-state index contributed by atoms with van der Waals surface area (Å²) in [5.74, 6) is 3.09. The van der Waals surface area contributed by atoms with Crippen LogP contribution in [-0.2, 0) is 15.9 Å². The number of rotatable bonds is 11. The highest BCUT2D eigenvalue weighted by Crippen LogP contribution is 2.65. The Morgan fingerprint density at radius 1 is 0.946 bits per heavy atom. The Kier molecular flexibility index (Phi) is 8.40. The van der Waals surface area contributed by atoms with Crippen molar-refractivity contribution in [2.24, 2.45) is 17.3 Å². The number of ether oxygens (including phenoxy) is 3. The van der Waals surface area contributed by atoms with Crippen molar-refractivity contribution in [3.63, 3.8) is 0 Å². The quantitative estimate of drug-likeness (QED) is 0.383. The highest BCUT2D eigenvalue weighted by Gasteiger charge is 2.57. The van der Waals surface area contributed by atoms with E-state index < -0.39 is 0 Å². The van der Waals surface area contributed by atoms with Crippen LogP contribution in [0.1, 0.15) is 61.1 Å². The topological polar surface area (TPSA) is 80.2 Å². The molecule has 2 aromatic rings. The molecule has 0 spiro atoms. The van der Waals surface area contributed by atoms with Gasteiger partial charge >= 0.3 is 0 Å². The molecule has 0 saturated heterocycles. The van der Waals surface area contributed by atoms with E-state index in [0.717, 1.165) is 44.4 Å². The van der Waals surface area contributed by atoms with E-state index in [9.17, 15) is 10.2 Å². The molecule has 2 fully saturated rings. The number of likely N-dealkylation sites (N-methyl/N-ethyl adjacent to an activating group) is 1. The molecule has 0 heterocycles.